The third-order valence-corrected chi connectivity index (χ3v) is 4.88. The zero-order valence-electron chi connectivity index (χ0n) is 10.9. The van der Waals surface area contributed by atoms with Gasteiger partial charge in [0.05, 0.1) is 4.90 Å². The number of nitrogens with two attached hydrogens (primary N) is 1. The maximum atomic E-state index is 12.0. The van der Waals surface area contributed by atoms with Crippen LogP contribution in [0.15, 0.2) is 27.6 Å². The molecular weight excluding hydrogens is 344 g/mol. The third kappa shape index (κ3) is 4.04. The molecule has 0 spiro atoms. The lowest BCUT2D eigenvalue weighted by Crippen LogP contribution is -2.27. The van der Waals surface area contributed by atoms with E-state index in [0.29, 0.717) is 11.0 Å². The molecule has 1 aromatic rings. The van der Waals surface area contributed by atoms with Crippen molar-refractivity contribution in [3.05, 3.63) is 28.2 Å². The second kappa shape index (κ2) is 6.24. The monoisotopic (exact) mass is 360 g/mol. The number of amides is 1. The van der Waals surface area contributed by atoms with E-state index >= 15 is 0 Å². The van der Waals surface area contributed by atoms with E-state index in [1.165, 1.54) is 31.4 Å². The fourth-order valence-electron chi connectivity index (χ4n) is 2.13. The second-order valence-corrected chi connectivity index (χ2v) is 7.54. The van der Waals surface area contributed by atoms with Crippen LogP contribution >= 0.6 is 15.9 Å². The molecule has 0 bridgehead atoms. The van der Waals surface area contributed by atoms with Gasteiger partial charge in [-0.1, -0.05) is 35.2 Å². The van der Waals surface area contributed by atoms with Crippen LogP contribution in [0, 0.1) is 5.92 Å². The lowest BCUT2D eigenvalue weighted by Gasteiger charge is -2.25. The van der Waals surface area contributed by atoms with Crippen molar-refractivity contribution in [2.75, 3.05) is 6.54 Å². The Morgan fingerprint density at radius 2 is 2.05 bits per heavy atom. The minimum absolute atomic E-state index is 0.0731. The first-order valence-electron chi connectivity index (χ1n) is 6.48. The summed E-state index contributed by atoms with van der Waals surface area (Å²) in [6.45, 7) is 0.612. The highest BCUT2D eigenvalue weighted by Crippen LogP contribution is 2.28. The van der Waals surface area contributed by atoms with E-state index in [1.54, 1.807) is 6.07 Å². The number of benzene rings is 1. The summed E-state index contributed by atoms with van der Waals surface area (Å²) in [4.78, 5) is 11.9. The van der Waals surface area contributed by atoms with Crippen molar-refractivity contribution in [1.29, 1.82) is 0 Å². The molecule has 1 aromatic carbocycles. The largest absolute Gasteiger partial charge is 0.352 e. The molecule has 0 unspecified atom stereocenters. The molecule has 1 fully saturated rings. The summed E-state index contributed by atoms with van der Waals surface area (Å²) in [5, 5.41) is 7.89. The first kappa shape index (κ1) is 15.5. The van der Waals surface area contributed by atoms with Gasteiger partial charge in [-0.3, -0.25) is 4.79 Å². The van der Waals surface area contributed by atoms with Crippen molar-refractivity contribution in [3.63, 3.8) is 0 Å². The van der Waals surface area contributed by atoms with E-state index in [2.05, 4.69) is 21.2 Å². The number of hydrogen-bond acceptors (Lipinski definition) is 3. The van der Waals surface area contributed by atoms with Crippen molar-refractivity contribution in [3.8, 4) is 0 Å². The minimum Gasteiger partial charge on any atom is -0.352 e. The number of rotatable bonds is 5. The van der Waals surface area contributed by atoms with Crippen LogP contribution in [-0.2, 0) is 10.0 Å². The first-order chi connectivity index (χ1) is 9.36. The normalized spacial score (nSPS) is 15.7. The zero-order valence-corrected chi connectivity index (χ0v) is 13.3. The molecule has 1 aliphatic carbocycles. The quantitative estimate of drug-likeness (QED) is 0.841. The fraction of sp³-hybridized carbons (Fsp3) is 0.462. The molecule has 0 aliphatic heterocycles. The molecule has 20 heavy (non-hydrogen) atoms. The van der Waals surface area contributed by atoms with Crippen molar-refractivity contribution in [1.82, 2.24) is 5.32 Å². The predicted octanol–water partition coefficient (Wildman–Crippen LogP) is 2.02. The lowest BCUT2D eigenvalue weighted by molar-refractivity contribution is 0.0948. The molecule has 2 rings (SSSR count). The Balaban J connectivity index is 2.03. The number of carbonyl (C=O) groups is 1. The van der Waals surface area contributed by atoms with E-state index in [0.717, 1.165) is 12.3 Å². The Bertz CT molecular complexity index is 612. The second-order valence-electron chi connectivity index (χ2n) is 5.06. The van der Waals surface area contributed by atoms with E-state index in [4.69, 9.17) is 5.14 Å². The SMILES string of the molecule is NS(=O)(=O)c1cc(Br)cc(C(=O)NCCC2CCC2)c1. The van der Waals surface area contributed by atoms with Gasteiger partial charge in [0.2, 0.25) is 10.0 Å². The topological polar surface area (TPSA) is 89.3 Å². The molecule has 0 aromatic heterocycles. The number of halogens is 1. The van der Waals surface area contributed by atoms with Crippen molar-refractivity contribution < 1.29 is 13.2 Å². The summed E-state index contributed by atoms with van der Waals surface area (Å²) in [6, 6.07) is 4.24. The van der Waals surface area contributed by atoms with Crippen LogP contribution in [0.25, 0.3) is 0 Å². The van der Waals surface area contributed by atoms with Crippen LogP contribution in [0.3, 0.4) is 0 Å². The van der Waals surface area contributed by atoms with Crippen molar-refractivity contribution in [2.24, 2.45) is 11.1 Å². The standard InChI is InChI=1S/C13H17BrN2O3S/c14-11-6-10(7-12(8-11)20(15,18)19)13(17)16-5-4-9-2-1-3-9/h6-9H,1-5H2,(H,16,17)(H2,15,18,19). The molecule has 1 aliphatic rings. The summed E-state index contributed by atoms with van der Waals surface area (Å²) in [5.74, 6) is 0.438. The predicted molar refractivity (Wildman–Crippen MR) is 79.8 cm³/mol. The maximum Gasteiger partial charge on any atom is 0.251 e. The van der Waals surface area contributed by atoms with Crippen LogP contribution in [0.4, 0.5) is 0 Å². The molecule has 0 radical (unpaired) electrons. The van der Waals surface area contributed by atoms with Crippen LogP contribution in [0.5, 0.6) is 0 Å². The molecule has 7 heteroatoms. The van der Waals surface area contributed by atoms with Crippen LogP contribution < -0.4 is 10.5 Å². The summed E-state index contributed by atoms with van der Waals surface area (Å²) in [5.41, 5.74) is 0.289. The zero-order chi connectivity index (χ0) is 14.8. The minimum atomic E-state index is -3.82. The van der Waals surface area contributed by atoms with Crippen molar-refractivity contribution in [2.45, 2.75) is 30.6 Å². The highest BCUT2D eigenvalue weighted by atomic mass is 79.9. The molecule has 0 saturated heterocycles. The number of hydrogen-bond donors (Lipinski definition) is 2. The van der Waals surface area contributed by atoms with Gasteiger partial charge in [0.15, 0.2) is 0 Å². The Kier molecular flexibility index (Phi) is 4.82. The van der Waals surface area contributed by atoms with Gasteiger partial charge in [0, 0.05) is 16.6 Å². The summed E-state index contributed by atoms with van der Waals surface area (Å²) < 4.78 is 23.2. The maximum absolute atomic E-state index is 12.0. The fourth-order valence-corrected chi connectivity index (χ4v) is 3.36. The average Bonchev–Trinajstić information content (AvgIpc) is 2.30. The van der Waals surface area contributed by atoms with Gasteiger partial charge >= 0.3 is 0 Å². The van der Waals surface area contributed by atoms with Crippen LogP contribution in [0.1, 0.15) is 36.0 Å². The van der Waals surface area contributed by atoms with E-state index < -0.39 is 10.0 Å². The highest BCUT2D eigenvalue weighted by molar-refractivity contribution is 9.10. The van der Waals surface area contributed by atoms with Gasteiger partial charge in [0.25, 0.3) is 5.91 Å². The van der Waals surface area contributed by atoms with E-state index in [1.807, 2.05) is 0 Å². The van der Waals surface area contributed by atoms with Gasteiger partial charge in [-0.05, 0) is 30.5 Å². The van der Waals surface area contributed by atoms with Gasteiger partial charge in [-0.25, -0.2) is 13.6 Å². The Morgan fingerprint density at radius 1 is 1.35 bits per heavy atom. The van der Waals surface area contributed by atoms with Crippen LogP contribution in [0.2, 0.25) is 0 Å². The molecule has 5 nitrogen and oxygen atoms in total. The summed E-state index contributed by atoms with van der Waals surface area (Å²) in [7, 11) is -3.82. The molecular formula is C13H17BrN2O3S. The van der Waals surface area contributed by atoms with E-state index in [9.17, 15) is 13.2 Å². The van der Waals surface area contributed by atoms with Gasteiger partial charge in [-0.2, -0.15) is 0 Å². The average molecular weight is 361 g/mol. The molecule has 110 valence electrons. The Labute approximate surface area is 127 Å². The molecule has 3 N–H and O–H groups in total. The van der Waals surface area contributed by atoms with Crippen LogP contribution in [-0.4, -0.2) is 20.9 Å². The van der Waals surface area contributed by atoms with Gasteiger partial charge in [-0.15, -0.1) is 0 Å². The molecule has 0 atom stereocenters. The van der Waals surface area contributed by atoms with Crippen molar-refractivity contribution >= 4 is 31.9 Å². The van der Waals surface area contributed by atoms with Gasteiger partial charge in [0.1, 0.15) is 0 Å². The number of nitrogens with one attached hydrogen (secondary N) is 1. The smallest absolute Gasteiger partial charge is 0.251 e. The Morgan fingerprint density at radius 3 is 2.60 bits per heavy atom. The molecule has 1 amide bonds. The third-order valence-electron chi connectivity index (χ3n) is 3.52. The number of primary sulfonamides is 1. The summed E-state index contributed by atoms with van der Waals surface area (Å²) in [6.07, 6.45) is 4.73. The Hall–Kier alpha value is -0.920. The molecule has 0 heterocycles. The van der Waals surface area contributed by atoms with E-state index in [-0.39, 0.29) is 16.4 Å². The summed E-state index contributed by atoms with van der Waals surface area (Å²) >= 11 is 3.19. The number of carbonyl (C=O) groups excluding carboxylic acids is 1. The highest BCUT2D eigenvalue weighted by Gasteiger charge is 2.18. The first-order valence-corrected chi connectivity index (χ1v) is 8.82. The van der Waals surface area contributed by atoms with Gasteiger partial charge < -0.3 is 5.32 Å². The number of sulfonamides is 1. The molecule has 1 saturated carbocycles. The lowest BCUT2D eigenvalue weighted by atomic mass is 9.83.